The van der Waals surface area contributed by atoms with Gasteiger partial charge in [0.2, 0.25) is 0 Å². The second kappa shape index (κ2) is 9.03. The van der Waals surface area contributed by atoms with Crippen LogP contribution in [0.4, 0.5) is 8.78 Å². The van der Waals surface area contributed by atoms with Crippen LogP contribution in [0.15, 0.2) is 67.0 Å². The molecule has 5 nitrogen and oxygen atoms in total. The van der Waals surface area contributed by atoms with Crippen molar-refractivity contribution in [3.05, 3.63) is 78.1 Å². The monoisotopic (exact) mass is 383 g/mol. The van der Waals surface area contributed by atoms with Gasteiger partial charge in [-0.05, 0) is 12.5 Å². The van der Waals surface area contributed by atoms with E-state index in [2.05, 4.69) is 20.0 Å². The smallest absolute Gasteiger partial charge is 0.387 e. The minimum Gasteiger partial charge on any atom is -0.434 e. The van der Waals surface area contributed by atoms with Gasteiger partial charge < -0.3 is 10.1 Å². The lowest BCUT2D eigenvalue weighted by atomic mass is 10.0. The molecule has 3 rings (SSSR count). The molecular weight excluding hydrogens is 364 g/mol. The number of carbonyl (C=O) groups excluding carboxylic acids is 1. The Labute approximate surface area is 161 Å². The number of carbonyl (C=O) groups is 1. The highest BCUT2D eigenvalue weighted by molar-refractivity contribution is 5.94. The van der Waals surface area contributed by atoms with Crippen molar-refractivity contribution in [2.75, 3.05) is 0 Å². The van der Waals surface area contributed by atoms with Crippen molar-refractivity contribution in [2.45, 2.75) is 26.0 Å². The largest absolute Gasteiger partial charge is 0.434 e. The molecule has 144 valence electrons. The van der Waals surface area contributed by atoms with Crippen LogP contribution in [-0.2, 0) is 0 Å². The fraction of sp³-hybridized carbons (Fsp3) is 0.190. The topological polar surface area (TPSA) is 64.1 Å². The summed E-state index contributed by atoms with van der Waals surface area (Å²) in [7, 11) is 0. The van der Waals surface area contributed by atoms with Gasteiger partial charge in [0.05, 0.1) is 11.6 Å². The molecule has 7 heteroatoms. The molecule has 0 radical (unpaired) electrons. The van der Waals surface area contributed by atoms with Crippen molar-refractivity contribution >= 4 is 5.91 Å². The minimum atomic E-state index is -2.94. The lowest BCUT2D eigenvalue weighted by molar-refractivity contribution is -0.0506. The van der Waals surface area contributed by atoms with Gasteiger partial charge in [0.1, 0.15) is 5.75 Å². The molecule has 1 N–H and O–H groups in total. The molecule has 3 aromatic rings. The zero-order valence-corrected chi connectivity index (χ0v) is 15.2. The van der Waals surface area contributed by atoms with Crippen molar-refractivity contribution < 1.29 is 18.3 Å². The SMILES string of the molecule is CCC(NC(=O)c1cnc(-c2ccccc2)nc1)c1ccccc1OC(F)F. The number of hydrogen-bond donors (Lipinski definition) is 1. The first kappa shape index (κ1) is 19.4. The number of hydrogen-bond acceptors (Lipinski definition) is 4. The Morgan fingerprint density at radius 2 is 1.68 bits per heavy atom. The van der Waals surface area contributed by atoms with Gasteiger partial charge in [-0.25, -0.2) is 9.97 Å². The van der Waals surface area contributed by atoms with Crippen LogP contribution in [0.25, 0.3) is 11.4 Å². The van der Waals surface area contributed by atoms with E-state index in [0.717, 1.165) is 5.56 Å². The van der Waals surface area contributed by atoms with E-state index >= 15 is 0 Å². The number of rotatable bonds is 7. The summed E-state index contributed by atoms with van der Waals surface area (Å²) in [5.41, 5.74) is 1.62. The second-order valence-corrected chi connectivity index (χ2v) is 6.01. The third kappa shape index (κ3) is 4.68. The predicted molar refractivity (Wildman–Crippen MR) is 101 cm³/mol. The van der Waals surface area contributed by atoms with Gasteiger partial charge in [-0.1, -0.05) is 55.5 Å². The Balaban J connectivity index is 1.76. The summed E-state index contributed by atoms with van der Waals surface area (Å²) in [5.74, 6) is 0.165. The predicted octanol–water partition coefficient (Wildman–Crippen LogP) is 4.63. The maximum absolute atomic E-state index is 12.6. The molecule has 0 aliphatic rings. The molecule has 0 aliphatic heterocycles. The summed E-state index contributed by atoms with van der Waals surface area (Å²) in [4.78, 5) is 21.1. The molecule has 28 heavy (non-hydrogen) atoms. The standard InChI is InChI=1S/C21H19F2N3O2/c1-2-17(16-10-6-7-11-18(16)28-21(22)23)26-20(27)15-12-24-19(25-13-15)14-8-4-3-5-9-14/h3-13,17,21H,2H2,1H3,(H,26,27). The number of nitrogens with zero attached hydrogens (tertiary/aromatic N) is 2. The highest BCUT2D eigenvalue weighted by Crippen LogP contribution is 2.28. The fourth-order valence-corrected chi connectivity index (χ4v) is 2.79. The van der Waals surface area contributed by atoms with E-state index < -0.39 is 18.6 Å². The van der Waals surface area contributed by atoms with E-state index in [1.54, 1.807) is 18.2 Å². The van der Waals surface area contributed by atoms with Gasteiger partial charge in [-0.15, -0.1) is 0 Å². The molecule has 0 aliphatic carbocycles. The molecule has 1 unspecified atom stereocenters. The van der Waals surface area contributed by atoms with Crippen LogP contribution in [-0.4, -0.2) is 22.5 Å². The molecular formula is C21H19F2N3O2. The molecule has 1 heterocycles. The number of halogens is 2. The van der Waals surface area contributed by atoms with E-state index in [0.29, 0.717) is 17.8 Å². The summed E-state index contributed by atoms with van der Waals surface area (Å²) in [6, 6.07) is 15.3. The number of aromatic nitrogens is 2. The average Bonchev–Trinajstić information content (AvgIpc) is 2.73. The molecule has 1 atom stereocenters. The first-order valence-corrected chi connectivity index (χ1v) is 8.80. The van der Waals surface area contributed by atoms with Gasteiger partial charge in [0, 0.05) is 23.5 Å². The van der Waals surface area contributed by atoms with Crippen molar-refractivity contribution in [3.8, 4) is 17.1 Å². The van der Waals surface area contributed by atoms with E-state index in [9.17, 15) is 13.6 Å². The van der Waals surface area contributed by atoms with Crippen LogP contribution in [0.2, 0.25) is 0 Å². The Morgan fingerprint density at radius 3 is 2.32 bits per heavy atom. The fourth-order valence-electron chi connectivity index (χ4n) is 2.79. The molecule has 0 fully saturated rings. The molecule has 0 saturated heterocycles. The highest BCUT2D eigenvalue weighted by atomic mass is 19.3. The zero-order valence-electron chi connectivity index (χ0n) is 15.2. The van der Waals surface area contributed by atoms with Crippen molar-refractivity contribution in [1.82, 2.24) is 15.3 Å². The number of nitrogens with one attached hydrogen (secondary N) is 1. The highest BCUT2D eigenvalue weighted by Gasteiger charge is 2.20. The molecule has 1 amide bonds. The number of para-hydroxylation sites is 1. The van der Waals surface area contributed by atoms with Gasteiger partial charge in [-0.2, -0.15) is 8.78 Å². The molecule has 2 aromatic carbocycles. The first-order valence-electron chi connectivity index (χ1n) is 8.80. The summed E-state index contributed by atoms with van der Waals surface area (Å²) in [6.45, 7) is -1.09. The number of benzene rings is 2. The summed E-state index contributed by atoms with van der Waals surface area (Å²) >= 11 is 0. The maximum atomic E-state index is 12.6. The molecule has 0 saturated carbocycles. The Kier molecular flexibility index (Phi) is 6.26. The Morgan fingerprint density at radius 1 is 1.04 bits per heavy atom. The van der Waals surface area contributed by atoms with E-state index in [1.165, 1.54) is 18.5 Å². The third-order valence-corrected chi connectivity index (χ3v) is 4.17. The Bertz CT molecular complexity index is 918. The molecule has 0 bridgehead atoms. The quantitative estimate of drug-likeness (QED) is 0.646. The minimum absolute atomic E-state index is 0.0420. The normalized spacial score (nSPS) is 11.9. The first-order chi connectivity index (χ1) is 13.6. The van der Waals surface area contributed by atoms with Crippen LogP contribution in [0.5, 0.6) is 5.75 Å². The van der Waals surface area contributed by atoms with E-state index in [-0.39, 0.29) is 11.3 Å². The summed E-state index contributed by atoms with van der Waals surface area (Å²) < 4.78 is 29.9. The van der Waals surface area contributed by atoms with E-state index in [4.69, 9.17) is 0 Å². The lowest BCUT2D eigenvalue weighted by Crippen LogP contribution is -2.29. The van der Waals surface area contributed by atoms with Crippen LogP contribution < -0.4 is 10.1 Å². The number of alkyl halides is 2. The van der Waals surface area contributed by atoms with Crippen LogP contribution >= 0.6 is 0 Å². The third-order valence-electron chi connectivity index (χ3n) is 4.17. The van der Waals surface area contributed by atoms with Gasteiger partial charge in [-0.3, -0.25) is 4.79 Å². The Hall–Kier alpha value is -3.35. The van der Waals surface area contributed by atoms with Crippen molar-refractivity contribution in [1.29, 1.82) is 0 Å². The average molecular weight is 383 g/mol. The van der Waals surface area contributed by atoms with Gasteiger partial charge >= 0.3 is 6.61 Å². The van der Waals surface area contributed by atoms with Crippen LogP contribution in [0.1, 0.15) is 35.3 Å². The maximum Gasteiger partial charge on any atom is 0.387 e. The number of amides is 1. The van der Waals surface area contributed by atoms with Gasteiger partial charge in [0.15, 0.2) is 5.82 Å². The zero-order chi connectivity index (χ0) is 19.9. The van der Waals surface area contributed by atoms with Crippen molar-refractivity contribution in [3.63, 3.8) is 0 Å². The van der Waals surface area contributed by atoms with Crippen LogP contribution in [0, 0.1) is 0 Å². The number of ether oxygens (including phenoxy) is 1. The lowest BCUT2D eigenvalue weighted by Gasteiger charge is -2.20. The second-order valence-electron chi connectivity index (χ2n) is 6.01. The van der Waals surface area contributed by atoms with Crippen molar-refractivity contribution in [2.24, 2.45) is 0 Å². The molecule has 0 spiro atoms. The van der Waals surface area contributed by atoms with Gasteiger partial charge in [0.25, 0.3) is 5.91 Å². The summed E-state index contributed by atoms with van der Waals surface area (Å²) in [5, 5.41) is 2.83. The van der Waals surface area contributed by atoms with Crippen LogP contribution in [0.3, 0.4) is 0 Å². The molecule has 1 aromatic heterocycles. The summed E-state index contributed by atoms with van der Waals surface area (Å²) in [6.07, 6.45) is 3.39. The van der Waals surface area contributed by atoms with E-state index in [1.807, 2.05) is 37.3 Å².